The highest BCUT2D eigenvalue weighted by Gasteiger charge is 2.29. The van der Waals surface area contributed by atoms with Crippen molar-refractivity contribution in [1.82, 2.24) is 29.4 Å². The Kier molecular flexibility index (Phi) is 8.69. The first-order valence-electron chi connectivity index (χ1n) is 13.3. The van der Waals surface area contributed by atoms with Gasteiger partial charge in [-0.1, -0.05) is 12.1 Å². The number of piperazine rings is 1. The highest BCUT2D eigenvalue weighted by molar-refractivity contribution is 6.04. The van der Waals surface area contributed by atoms with E-state index in [1.165, 1.54) is 4.68 Å². The van der Waals surface area contributed by atoms with E-state index in [0.717, 1.165) is 5.56 Å². The van der Waals surface area contributed by atoms with E-state index in [0.29, 0.717) is 67.7 Å². The molecule has 1 aliphatic rings. The number of carbonyl (C=O) groups excluding carboxylic acids is 3. The van der Waals surface area contributed by atoms with Gasteiger partial charge in [0.15, 0.2) is 0 Å². The lowest BCUT2D eigenvalue weighted by Gasteiger charge is -2.35. The number of aryl methyl sites for hydroxylation is 2. The molecule has 1 fully saturated rings. The van der Waals surface area contributed by atoms with Gasteiger partial charge in [-0.2, -0.15) is 10.2 Å². The second-order valence-electron chi connectivity index (χ2n) is 9.88. The molecule has 3 amide bonds. The van der Waals surface area contributed by atoms with Crippen molar-refractivity contribution in [2.75, 3.05) is 38.1 Å². The second-order valence-corrected chi connectivity index (χ2v) is 9.88. The van der Waals surface area contributed by atoms with Gasteiger partial charge in [-0.05, 0) is 52.3 Å². The van der Waals surface area contributed by atoms with Crippen molar-refractivity contribution in [3.63, 3.8) is 0 Å². The van der Waals surface area contributed by atoms with Crippen molar-refractivity contribution in [1.29, 1.82) is 0 Å². The van der Waals surface area contributed by atoms with Crippen molar-refractivity contribution in [3.05, 3.63) is 68.8 Å². The quantitative estimate of drug-likeness (QED) is 0.322. The zero-order valence-corrected chi connectivity index (χ0v) is 23.8. The Labute approximate surface area is 237 Å². The Bertz CT molecular complexity index is 1450. The minimum Gasteiger partial charge on any atom is -0.450 e. The number of nitrogens with one attached hydrogen (secondary N) is 1. The van der Waals surface area contributed by atoms with Gasteiger partial charge in [-0.25, -0.2) is 4.79 Å². The van der Waals surface area contributed by atoms with Crippen LogP contribution in [0.25, 0.3) is 0 Å². The average molecular weight is 567 g/mol. The summed E-state index contributed by atoms with van der Waals surface area (Å²) in [4.78, 5) is 52.1. The molecule has 1 N–H and O–H groups in total. The largest absolute Gasteiger partial charge is 0.450 e. The second kappa shape index (κ2) is 12.2. The van der Waals surface area contributed by atoms with Crippen molar-refractivity contribution in [3.8, 4) is 0 Å². The molecular weight excluding hydrogens is 532 g/mol. The lowest BCUT2D eigenvalue weighted by molar-refractivity contribution is -0.386. The maximum absolute atomic E-state index is 13.1. The zero-order valence-electron chi connectivity index (χ0n) is 23.8. The minimum absolute atomic E-state index is 0.00417. The van der Waals surface area contributed by atoms with Crippen LogP contribution in [0.3, 0.4) is 0 Å². The third-order valence-corrected chi connectivity index (χ3v) is 7.11. The van der Waals surface area contributed by atoms with Gasteiger partial charge >= 0.3 is 11.8 Å². The molecule has 1 saturated heterocycles. The summed E-state index contributed by atoms with van der Waals surface area (Å²) in [7, 11) is 0. The summed E-state index contributed by atoms with van der Waals surface area (Å²) < 4.78 is 8.13. The smallest absolute Gasteiger partial charge is 0.409 e. The Morgan fingerprint density at radius 2 is 1.66 bits per heavy atom. The molecule has 1 aliphatic heterocycles. The van der Waals surface area contributed by atoms with E-state index in [9.17, 15) is 24.5 Å². The van der Waals surface area contributed by atoms with Crippen LogP contribution < -0.4 is 5.32 Å². The Morgan fingerprint density at radius 3 is 2.24 bits per heavy atom. The minimum atomic E-state index is -0.599. The van der Waals surface area contributed by atoms with Crippen molar-refractivity contribution in [2.24, 2.45) is 0 Å². The predicted molar refractivity (Wildman–Crippen MR) is 149 cm³/mol. The van der Waals surface area contributed by atoms with Crippen LogP contribution in [0, 0.1) is 30.9 Å². The van der Waals surface area contributed by atoms with Crippen LogP contribution in [0.5, 0.6) is 0 Å². The number of nitrogens with zero attached hydrogens (tertiary/aromatic N) is 7. The summed E-state index contributed by atoms with van der Waals surface area (Å²) in [5.74, 6) is -0.465. The number of nitro groups is 1. The van der Waals surface area contributed by atoms with Gasteiger partial charge in [-0.3, -0.25) is 29.1 Å². The molecule has 0 radical (unpaired) electrons. The number of ether oxygens (including phenoxy) is 1. The summed E-state index contributed by atoms with van der Waals surface area (Å²) >= 11 is 0. The van der Waals surface area contributed by atoms with Gasteiger partial charge < -0.3 is 19.9 Å². The molecule has 0 saturated carbocycles. The Morgan fingerprint density at radius 1 is 1.02 bits per heavy atom. The molecule has 218 valence electrons. The van der Waals surface area contributed by atoms with Crippen LogP contribution in [-0.2, 0) is 16.1 Å². The number of hydrogen-bond donors (Lipinski definition) is 1. The van der Waals surface area contributed by atoms with Gasteiger partial charge in [0.2, 0.25) is 5.91 Å². The van der Waals surface area contributed by atoms with E-state index >= 15 is 0 Å². The summed E-state index contributed by atoms with van der Waals surface area (Å²) in [5.41, 5.74) is 3.13. The molecule has 3 heterocycles. The number of anilines is 1. The molecule has 3 aromatic rings. The van der Waals surface area contributed by atoms with E-state index in [1.54, 1.807) is 79.6 Å². The fourth-order valence-corrected chi connectivity index (χ4v) is 4.74. The number of rotatable bonds is 8. The normalized spacial score (nSPS) is 14.1. The molecule has 0 aliphatic carbocycles. The lowest BCUT2D eigenvalue weighted by atomic mass is 10.1. The van der Waals surface area contributed by atoms with Gasteiger partial charge in [0.05, 0.1) is 29.5 Å². The molecule has 1 atom stereocenters. The average Bonchev–Trinajstić information content (AvgIpc) is 3.45. The predicted octanol–water partition coefficient (Wildman–Crippen LogP) is 3.08. The SMILES string of the molecule is CCOC(=O)N1CCN(C(=O)C(C)n2cc(NC(=O)c3ccc(Cn4nc(C)c([N+](=O)[O-])c4C)cc3)c(C)n2)CC1. The first kappa shape index (κ1) is 29.2. The third kappa shape index (κ3) is 6.36. The topological polar surface area (TPSA) is 158 Å². The zero-order chi connectivity index (χ0) is 29.8. The molecule has 1 aromatic carbocycles. The van der Waals surface area contributed by atoms with Gasteiger partial charge in [-0.15, -0.1) is 0 Å². The lowest BCUT2D eigenvalue weighted by Crippen LogP contribution is -2.52. The van der Waals surface area contributed by atoms with Crippen molar-refractivity contribution in [2.45, 2.75) is 47.2 Å². The molecule has 1 unspecified atom stereocenters. The number of hydrogen-bond acceptors (Lipinski definition) is 8. The first-order valence-corrected chi connectivity index (χ1v) is 13.3. The molecule has 14 heteroatoms. The third-order valence-electron chi connectivity index (χ3n) is 7.11. The van der Waals surface area contributed by atoms with Crippen LogP contribution >= 0.6 is 0 Å². The standard InChI is InChI=1S/C27H34N8O6/c1-6-41-27(38)32-13-11-31(12-14-32)26(37)20(5)34-16-23(17(2)29-34)28-25(36)22-9-7-21(8-10-22)15-33-19(4)24(35(39)40)18(3)30-33/h7-10,16,20H,6,11-15H2,1-5H3,(H,28,36). The van der Waals surface area contributed by atoms with Crippen LogP contribution in [0.1, 0.15) is 52.9 Å². The van der Waals surface area contributed by atoms with Gasteiger partial charge in [0, 0.05) is 37.9 Å². The first-order chi connectivity index (χ1) is 19.5. The summed E-state index contributed by atoms with van der Waals surface area (Å²) in [6.07, 6.45) is 1.26. The van der Waals surface area contributed by atoms with Gasteiger partial charge in [0.25, 0.3) is 5.91 Å². The van der Waals surface area contributed by atoms with Crippen molar-refractivity contribution >= 4 is 29.3 Å². The number of amides is 3. The number of aromatic nitrogens is 4. The van der Waals surface area contributed by atoms with Crippen molar-refractivity contribution < 1.29 is 24.0 Å². The molecular formula is C27H34N8O6. The van der Waals surface area contributed by atoms with E-state index in [-0.39, 0.29) is 23.6 Å². The maximum Gasteiger partial charge on any atom is 0.409 e. The molecule has 0 bridgehead atoms. The van der Waals surface area contributed by atoms with E-state index < -0.39 is 11.0 Å². The van der Waals surface area contributed by atoms with E-state index in [4.69, 9.17) is 4.74 Å². The van der Waals surface area contributed by atoms with Crippen LogP contribution in [0.2, 0.25) is 0 Å². The van der Waals surface area contributed by atoms with Crippen LogP contribution in [0.4, 0.5) is 16.2 Å². The monoisotopic (exact) mass is 566 g/mol. The Balaban J connectivity index is 1.36. The van der Waals surface area contributed by atoms with Gasteiger partial charge in [0.1, 0.15) is 17.4 Å². The summed E-state index contributed by atoms with van der Waals surface area (Å²) in [6.45, 7) is 10.7. The van der Waals surface area contributed by atoms with E-state index in [2.05, 4.69) is 15.5 Å². The molecule has 14 nitrogen and oxygen atoms in total. The highest BCUT2D eigenvalue weighted by Crippen LogP contribution is 2.23. The summed E-state index contributed by atoms with van der Waals surface area (Å²) in [6, 6.07) is 6.29. The molecule has 41 heavy (non-hydrogen) atoms. The fourth-order valence-electron chi connectivity index (χ4n) is 4.74. The van der Waals surface area contributed by atoms with Crippen LogP contribution in [0.15, 0.2) is 30.5 Å². The number of benzene rings is 1. The van der Waals surface area contributed by atoms with Crippen LogP contribution in [-0.4, -0.2) is 85.0 Å². The maximum atomic E-state index is 13.1. The van der Waals surface area contributed by atoms with E-state index in [1.807, 2.05) is 0 Å². The molecule has 0 spiro atoms. The highest BCUT2D eigenvalue weighted by atomic mass is 16.6. The number of carbonyl (C=O) groups is 3. The summed E-state index contributed by atoms with van der Waals surface area (Å²) in [5, 5.41) is 22.8. The molecule has 4 rings (SSSR count). The fraction of sp³-hybridized carbons (Fsp3) is 0.444. The Hall–Kier alpha value is -4.75. The molecule has 2 aromatic heterocycles.